The summed E-state index contributed by atoms with van der Waals surface area (Å²) in [4.78, 5) is 2.20. The van der Waals surface area contributed by atoms with Gasteiger partial charge in [-0.3, -0.25) is 4.68 Å². The second-order valence-electron chi connectivity index (χ2n) is 6.53. The Morgan fingerprint density at radius 3 is 2.83 bits per heavy atom. The first-order valence-corrected chi connectivity index (χ1v) is 9.68. The lowest BCUT2D eigenvalue weighted by atomic mass is 10.1. The van der Waals surface area contributed by atoms with Gasteiger partial charge in [-0.1, -0.05) is 12.1 Å². The summed E-state index contributed by atoms with van der Waals surface area (Å²) in [5, 5.41) is 4.38. The highest BCUT2D eigenvalue weighted by molar-refractivity contribution is 7.91. The van der Waals surface area contributed by atoms with Crippen LogP contribution in [0.5, 0.6) is 0 Å². The zero-order chi connectivity index (χ0) is 16.6. The molecule has 0 unspecified atom stereocenters. The summed E-state index contributed by atoms with van der Waals surface area (Å²) in [7, 11) is -0.813. The summed E-state index contributed by atoms with van der Waals surface area (Å²) in [5.74, 6) is 0.482. The summed E-state index contributed by atoms with van der Waals surface area (Å²) < 4.78 is 25.0. The molecule has 23 heavy (non-hydrogen) atoms. The average molecular weight is 333 g/mol. The highest BCUT2D eigenvalue weighted by atomic mass is 32.2. The Hall–Kier alpha value is -1.82. The van der Waals surface area contributed by atoms with Gasteiger partial charge in [-0.25, -0.2) is 8.42 Å². The molecule has 0 bridgehead atoms. The molecule has 124 valence electrons. The van der Waals surface area contributed by atoms with E-state index in [1.807, 2.05) is 17.1 Å². The second-order valence-corrected chi connectivity index (χ2v) is 8.76. The van der Waals surface area contributed by atoms with Gasteiger partial charge in [0.05, 0.1) is 23.7 Å². The zero-order valence-corrected chi connectivity index (χ0v) is 14.7. The zero-order valence-electron chi connectivity index (χ0n) is 13.9. The van der Waals surface area contributed by atoms with E-state index in [1.165, 1.54) is 16.8 Å². The second kappa shape index (κ2) is 6.00. The Bertz CT molecular complexity index is 811. The lowest BCUT2D eigenvalue weighted by molar-refractivity contribution is 0.499. The van der Waals surface area contributed by atoms with Crippen LogP contribution in [0.1, 0.15) is 29.2 Å². The standard InChI is InChI=1S/C17H23N3O2S/c1-13-4-5-14(2)17(8-13)19(3)10-15-9-18-20(11-15)16-6-7-23(21,22)12-16/h4-5,8-9,11,16H,6-7,10,12H2,1-3H3/t16-/m1/s1. The van der Waals surface area contributed by atoms with Crippen molar-refractivity contribution in [2.75, 3.05) is 23.5 Å². The maximum atomic E-state index is 11.6. The number of nitrogens with zero attached hydrogens (tertiary/aromatic N) is 3. The van der Waals surface area contributed by atoms with E-state index >= 15 is 0 Å². The van der Waals surface area contributed by atoms with Crippen molar-refractivity contribution in [2.45, 2.75) is 32.9 Å². The largest absolute Gasteiger partial charge is 0.370 e. The van der Waals surface area contributed by atoms with Crippen LogP contribution in [0, 0.1) is 13.8 Å². The molecule has 6 heteroatoms. The van der Waals surface area contributed by atoms with Gasteiger partial charge in [-0.05, 0) is 37.5 Å². The molecular weight excluding hydrogens is 310 g/mol. The molecule has 0 spiro atoms. The molecule has 0 N–H and O–H groups in total. The maximum Gasteiger partial charge on any atom is 0.152 e. The molecule has 3 rings (SSSR count). The van der Waals surface area contributed by atoms with Crippen LogP contribution >= 0.6 is 0 Å². The van der Waals surface area contributed by atoms with Crippen LogP contribution < -0.4 is 4.90 Å². The molecule has 1 saturated heterocycles. The highest BCUT2D eigenvalue weighted by Crippen LogP contribution is 2.25. The number of aromatic nitrogens is 2. The Balaban J connectivity index is 1.73. The molecule has 0 radical (unpaired) electrons. The van der Waals surface area contributed by atoms with Crippen molar-refractivity contribution >= 4 is 15.5 Å². The van der Waals surface area contributed by atoms with Gasteiger partial charge < -0.3 is 4.90 Å². The summed E-state index contributed by atoms with van der Waals surface area (Å²) in [5.41, 5.74) is 4.79. The predicted octanol–water partition coefficient (Wildman–Crippen LogP) is 2.50. The Kier molecular flexibility index (Phi) is 4.19. The highest BCUT2D eigenvalue weighted by Gasteiger charge is 2.29. The first-order chi connectivity index (χ1) is 10.8. The third-order valence-electron chi connectivity index (χ3n) is 4.43. The lowest BCUT2D eigenvalue weighted by Gasteiger charge is -2.21. The summed E-state index contributed by atoms with van der Waals surface area (Å²) in [6.07, 6.45) is 4.48. The van der Waals surface area contributed by atoms with Gasteiger partial charge >= 0.3 is 0 Å². The van der Waals surface area contributed by atoms with Crippen LogP contribution in [0.2, 0.25) is 0 Å². The van der Waals surface area contributed by atoms with Gasteiger partial charge in [0.25, 0.3) is 0 Å². The molecule has 1 fully saturated rings. The van der Waals surface area contributed by atoms with E-state index in [0.717, 1.165) is 12.1 Å². The van der Waals surface area contributed by atoms with Gasteiger partial charge in [0.1, 0.15) is 0 Å². The van der Waals surface area contributed by atoms with E-state index in [-0.39, 0.29) is 17.5 Å². The van der Waals surface area contributed by atoms with Crippen molar-refractivity contribution in [1.29, 1.82) is 0 Å². The summed E-state index contributed by atoms with van der Waals surface area (Å²) in [6, 6.07) is 6.42. The van der Waals surface area contributed by atoms with Crippen molar-refractivity contribution in [2.24, 2.45) is 0 Å². The monoisotopic (exact) mass is 333 g/mol. The van der Waals surface area contributed by atoms with E-state index in [9.17, 15) is 8.42 Å². The van der Waals surface area contributed by atoms with E-state index in [1.54, 1.807) is 0 Å². The number of anilines is 1. The SMILES string of the molecule is Cc1ccc(C)c(N(C)Cc2cnn([C@@H]3CCS(=O)(=O)C3)c2)c1. The van der Waals surface area contributed by atoms with Crippen LogP contribution in [0.3, 0.4) is 0 Å². The van der Waals surface area contributed by atoms with Gasteiger partial charge in [0.15, 0.2) is 9.84 Å². The number of hydrogen-bond acceptors (Lipinski definition) is 4. The molecule has 2 heterocycles. The minimum atomic E-state index is -2.88. The normalized spacial score (nSPS) is 19.9. The van der Waals surface area contributed by atoms with E-state index in [2.05, 4.69) is 49.1 Å². The molecule has 5 nitrogen and oxygen atoms in total. The third-order valence-corrected chi connectivity index (χ3v) is 6.18. The fraction of sp³-hybridized carbons (Fsp3) is 0.471. The molecule has 0 saturated carbocycles. The number of rotatable bonds is 4. The minimum Gasteiger partial charge on any atom is -0.370 e. The van der Waals surface area contributed by atoms with Crippen molar-refractivity contribution in [3.63, 3.8) is 0 Å². The number of benzene rings is 1. The molecule has 1 aromatic heterocycles. The molecule has 2 aromatic rings. The Morgan fingerprint density at radius 1 is 1.35 bits per heavy atom. The predicted molar refractivity (Wildman–Crippen MR) is 92.6 cm³/mol. The van der Waals surface area contributed by atoms with E-state index in [0.29, 0.717) is 6.42 Å². The Morgan fingerprint density at radius 2 is 2.13 bits per heavy atom. The van der Waals surface area contributed by atoms with Gasteiger partial charge in [-0.2, -0.15) is 5.10 Å². The quantitative estimate of drug-likeness (QED) is 0.863. The van der Waals surface area contributed by atoms with Gasteiger partial charge in [0.2, 0.25) is 0 Å². The van der Waals surface area contributed by atoms with Crippen LogP contribution in [-0.4, -0.2) is 36.8 Å². The first kappa shape index (κ1) is 16.1. The molecule has 1 aromatic carbocycles. The van der Waals surface area contributed by atoms with Crippen LogP contribution in [0.15, 0.2) is 30.6 Å². The van der Waals surface area contributed by atoms with Gasteiger partial charge in [0, 0.05) is 31.0 Å². The average Bonchev–Trinajstić information content (AvgIpc) is 3.07. The van der Waals surface area contributed by atoms with Crippen LogP contribution in [0.25, 0.3) is 0 Å². The number of aryl methyl sites for hydroxylation is 2. The maximum absolute atomic E-state index is 11.6. The van der Waals surface area contributed by atoms with Crippen molar-refractivity contribution in [3.8, 4) is 0 Å². The minimum absolute atomic E-state index is 0.0141. The molecular formula is C17H23N3O2S. The first-order valence-electron chi connectivity index (χ1n) is 7.86. The van der Waals surface area contributed by atoms with Crippen LogP contribution in [0.4, 0.5) is 5.69 Å². The molecule has 1 aliphatic heterocycles. The smallest absolute Gasteiger partial charge is 0.152 e. The molecule has 0 amide bonds. The van der Waals surface area contributed by atoms with Gasteiger partial charge in [-0.15, -0.1) is 0 Å². The summed E-state index contributed by atoms with van der Waals surface area (Å²) in [6.45, 7) is 4.96. The Labute approximate surface area is 137 Å². The van der Waals surface area contributed by atoms with Crippen molar-refractivity contribution in [3.05, 3.63) is 47.3 Å². The fourth-order valence-corrected chi connectivity index (χ4v) is 4.84. The molecule has 0 aliphatic carbocycles. The topological polar surface area (TPSA) is 55.2 Å². The van der Waals surface area contributed by atoms with E-state index < -0.39 is 9.84 Å². The fourth-order valence-electron chi connectivity index (χ4n) is 3.13. The van der Waals surface area contributed by atoms with E-state index in [4.69, 9.17) is 0 Å². The summed E-state index contributed by atoms with van der Waals surface area (Å²) >= 11 is 0. The number of hydrogen-bond donors (Lipinski definition) is 0. The third kappa shape index (κ3) is 3.58. The number of sulfone groups is 1. The van der Waals surface area contributed by atoms with Crippen molar-refractivity contribution in [1.82, 2.24) is 9.78 Å². The molecule has 1 aliphatic rings. The molecule has 1 atom stereocenters. The van der Waals surface area contributed by atoms with Crippen molar-refractivity contribution < 1.29 is 8.42 Å². The lowest BCUT2D eigenvalue weighted by Crippen LogP contribution is -2.17. The van der Waals surface area contributed by atoms with Crippen LogP contribution in [-0.2, 0) is 16.4 Å².